The summed E-state index contributed by atoms with van der Waals surface area (Å²) in [6.07, 6.45) is 0.782. The van der Waals surface area contributed by atoms with Crippen LogP contribution in [-0.4, -0.2) is 28.2 Å². The van der Waals surface area contributed by atoms with Gasteiger partial charge in [-0.25, -0.2) is 0 Å². The lowest BCUT2D eigenvalue weighted by Gasteiger charge is -2.27. The number of aryl methyl sites for hydroxylation is 1. The number of aromatic amines is 1. The van der Waals surface area contributed by atoms with Crippen molar-refractivity contribution in [1.82, 2.24) is 9.88 Å². The molecule has 0 saturated carbocycles. The molecule has 0 unspecified atom stereocenters. The molecule has 7 heteroatoms. The number of nitrogens with one attached hydrogen (secondary N) is 2. The highest BCUT2D eigenvalue weighted by Gasteiger charge is 2.25. The number of amides is 2. The van der Waals surface area contributed by atoms with Gasteiger partial charge >= 0.3 is 0 Å². The highest BCUT2D eigenvalue weighted by Crippen LogP contribution is 2.30. The molecular weight excluding hydrogens is 430 g/mol. The van der Waals surface area contributed by atoms with E-state index in [0.717, 1.165) is 11.9 Å². The van der Waals surface area contributed by atoms with Crippen molar-refractivity contribution in [2.24, 2.45) is 0 Å². The number of hydrogen-bond donors (Lipinski definition) is 2. The van der Waals surface area contributed by atoms with Gasteiger partial charge in [0.05, 0.1) is 15.6 Å². The zero-order valence-electron chi connectivity index (χ0n) is 16.9. The highest BCUT2D eigenvalue weighted by atomic mass is 35.5. The van der Waals surface area contributed by atoms with Gasteiger partial charge in [0.15, 0.2) is 0 Å². The standard InChI is InChI=1S/C24H20ClN3O2S/c1-14-4-7-19-16(11-14)17-13-28(9-8-20(17)26-19)24(30)15-5-6-18(25)21(12-15)27-23(29)22-3-2-10-31-22/h2-7,10-12,26H,8-9,13H2,1H3,(H,27,29). The first-order valence-electron chi connectivity index (χ1n) is 10.0. The molecule has 5 nitrogen and oxygen atoms in total. The maximum atomic E-state index is 13.3. The molecule has 1 aliphatic rings. The fourth-order valence-corrected chi connectivity index (χ4v) is 4.81. The van der Waals surface area contributed by atoms with Crippen molar-refractivity contribution in [2.45, 2.75) is 19.9 Å². The summed E-state index contributed by atoms with van der Waals surface area (Å²) in [4.78, 5) is 31.6. The normalized spacial score (nSPS) is 13.3. The van der Waals surface area contributed by atoms with Gasteiger partial charge in [-0.3, -0.25) is 9.59 Å². The third-order valence-electron chi connectivity index (χ3n) is 5.62. The van der Waals surface area contributed by atoms with Gasteiger partial charge in [-0.1, -0.05) is 29.3 Å². The summed E-state index contributed by atoms with van der Waals surface area (Å²) in [5.41, 5.74) is 5.62. The second kappa shape index (κ2) is 7.87. The Morgan fingerprint density at radius 2 is 2.03 bits per heavy atom. The second-order valence-electron chi connectivity index (χ2n) is 7.73. The van der Waals surface area contributed by atoms with E-state index in [1.807, 2.05) is 16.3 Å². The van der Waals surface area contributed by atoms with E-state index in [9.17, 15) is 9.59 Å². The first-order valence-corrected chi connectivity index (χ1v) is 11.3. The molecular formula is C24H20ClN3O2S. The average molecular weight is 450 g/mol. The molecule has 2 amide bonds. The largest absolute Gasteiger partial charge is 0.358 e. The summed E-state index contributed by atoms with van der Waals surface area (Å²) >= 11 is 7.64. The van der Waals surface area contributed by atoms with E-state index in [-0.39, 0.29) is 11.8 Å². The first kappa shape index (κ1) is 19.8. The van der Waals surface area contributed by atoms with Gasteiger partial charge in [0.1, 0.15) is 0 Å². The number of H-pyrrole nitrogens is 1. The lowest BCUT2D eigenvalue weighted by Crippen LogP contribution is -2.35. The van der Waals surface area contributed by atoms with Crippen LogP contribution in [0.4, 0.5) is 5.69 Å². The number of hydrogen-bond acceptors (Lipinski definition) is 3. The fourth-order valence-electron chi connectivity index (χ4n) is 4.03. The number of thiophene rings is 1. The third kappa shape index (κ3) is 3.73. The molecule has 4 aromatic rings. The molecule has 0 bridgehead atoms. The van der Waals surface area contributed by atoms with Crippen LogP contribution in [0.3, 0.4) is 0 Å². The van der Waals surface area contributed by atoms with E-state index in [2.05, 4.69) is 35.4 Å². The number of halogens is 1. The Kier molecular flexibility index (Phi) is 5.04. The van der Waals surface area contributed by atoms with Gasteiger partial charge in [0.2, 0.25) is 0 Å². The predicted molar refractivity (Wildman–Crippen MR) is 125 cm³/mol. The second-order valence-corrected chi connectivity index (χ2v) is 9.09. The third-order valence-corrected chi connectivity index (χ3v) is 6.82. The van der Waals surface area contributed by atoms with E-state index < -0.39 is 0 Å². The number of nitrogens with zero attached hydrogens (tertiary/aromatic N) is 1. The van der Waals surface area contributed by atoms with Crippen LogP contribution in [0.25, 0.3) is 10.9 Å². The van der Waals surface area contributed by atoms with E-state index >= 15 is 0 Å². The SMILES string of the molecule is Cc1ccc2[nH]c3c(c2c1)CN(C(=O)c1ccc(Cl)c(NC(=O)c2cccs2)c1)CC3. The average Bonchev–Trinajstić information content (AvgIpc) is 3.42. The Labute approximate surface area is 188 Å². The molecule has 2 aromatic carbocycles. The number of carbonyl (C=O) groups is 2. The van der Waals surface area contributed by atoms with Crippen LogP contribution in [0, 0.1) is 6.92 Å². The van der Waals surface area contributed by atoms with Gasteiger partial charge in [-0.2, -0.15) is 0 Å². The number of carbonyl (C=O) groups excluding carboxylic acids is 2. The fraction of sp³-hybridized carbons (Fsp3) is 0.167. The molecule has 31 heavy (non-hydrogen) atoms. The maximum Gasteiger partial charge on any atom is 0.265 e. The summed E-state index contributed by atoms with van der Waals surface area (Å²) < 4.78 is 0. The summed E-state index contributed by atoms with van der Waals surface area (Å²) in [5, 5.41) is 6.23. The van der Waals surface area contributed by atoms with Crippen molar-refractivity contribution in [2.75, 3.05) is 11.9 Å². The quantitative estimate of drug-likeness (QED) is 0.425. The monoisotopic (exact) mass is 449 g/mol. The van der Waals surface area contributed by atoms with Crippen molar-refractivity contribution in [1.29, 1.82) is 0 Å². The molecule has 5 rings (SSSR count). The van der Waals surface area contributed by atoms with Crippen molar-refractivity contribution in [3.05, 3.63) is 86.2 Å². The number of benzene rings is 2. The van der Waals surface area contributed by atoms with Crippen LogP contribution in [0.1, 0.15) is 36.9 Å². The lowest BCUT2D eigenvalue weighted by molar-refractivity contribution is 0.0735. The number of rotatable bonds is 3. The van der Waals surface area contributed by atoms with Gasteiger partial charge in [0.25, 0.3) is 11.8 Å². The minimum Gasteiger partial charge on any atom is -0.358 e. The van der Waals surface area contributed by atoms with Crippen LogP contribution in [0.2, 0.25) is 5.02 Å². The number of aromatic nitrogens is 1. The van der Waals surface area contributed by atoms with Crippen LogP contribution < -0.4 is 5.32 Å². The van der Waals surface area contributed by atoms with E-state index in [0.29, 0.717) is 34.2 Å². The smallest absolute Gasteiger partial charge is 0.265 e. The van der Waals surface area contributed by atoms with Crippen LogP contribution >= 0.6 is 22.9 Å². The Bertz CT molecular complexity index is 1310. The zero-order valence-corrected chi connectivity index (χ0v) is 18.4. The number of fused-ring (bicyclic) bond motifs is 3. The van der Waals surface area contributed by atoms with Gasteiger partial charge < -0.3 is 15.2 Å². The Morgan fingerprint density at radius 1 is 1.16 bits per heavy atom. The Hall–Kier alpha value is -3.09. The topological polar surface area (TPSA) is 65.2 Å². The Balaban J connectivity index is 1.40. The number of anilines is 1. The molecule has 0 fully saturated rings. The molecule has 0 saturated heterocycles. The van der Waals surface area contributed by atoms with Crippen LogP contribution in [0.15, 0.2) is 53.9 Å². The molecule has 0 atom stereocenters. The summed E-state index contributed by atoms with van der Waals surface area (Å²) in [5.74, 6) is -0.311. The first-order chi connectivity index (χ1) is 15.0. The van der Waals surface area contributed by atoms with E-state index in [4.69, 9.17) is 11.6 Å². The highest BCUT2D eigenvalue weighted by molar-refractivity contribution is 7.12. The Morgan fingerprint density at radius 3 is 2.84 bits per heavy atom. The molecule has 3 heterocycles. The minimum atomic E-state index is -0.238. The maximum absolute atomic E-state index is 13.3. The van der Waals surface area contributed by atoms with Crippen LogP contribution in [-0.2, 0) is 13.0 Å². The minimum absolute atomic E-state index is 0.0732. The lowest BCUT2D eigenvalue weighted by atomic mass is 10.0. The molecule has 2 N–H and O–H groups in total. The van der Waals surface area contributed by atoms with Crippen molar-refractivity contribution in [3.8, 4) is 0 Å². The van der Waals surface area contributed by atoms with Crippen molar-refractivity contribution >= 4 is 51.3 Å². The summed E-state index contributed by atoms with van der Waals surface area (Å²) in [6.45, 7) is 3.26. The van der Waals surface area contributed by atoms with Gasteiger partial charge in [-0.15, -0.1) is 11.3 Å². The van der Waals surface area contributed by atoms with Crippen LogP contribution in [0.5, 0.6) is 0 Å². The van der Waals surface area contributed by atoms with E-state index in [1.165, 1.54) is 33.5 Å². The van der Waals surface area contributed by atoms with Crippen molar-refractivity contribution in [3.63, 3.8) is 0 Å². The summed E-state index contributed by atoms with van der Waals surface area (Å²) in [6, 6.07) is 14.9. The molecule has 156 valence electrons. The van der Waals surface area contributed by atoms with Crippen molar-refractivity contribution < 1.29 is 9.59 Å². The van der Waals surface area contributed by atoms with E-state index in [1.54, 1.807) is 24.3 Å². The molecule has 1 aliphatic heterocycles. The molecule has 0 spiro atoms. The van der Waals surface area contributed by atoms with Gasteiger partial charge in [-0.05, 0) is 48.7 Å². The predicted octanol–water partition coefficient (Wildman–Crippen LogP) is 5.64. The molecule has 2 aromatic heterocycles. The molecule has 0 aliphatic carbocycles. The summed E-state index contributed by atoms with van der Waals surface area (Å²) in [7, 11) is 0. The zero-order chi connectivity index (χ0) is 21.5. The molecule has 0 radical (unpaired) electrons. The van der Waals surface area contributed by atoms with Gasteiger partial charge in [0, 0.05) is 47.2 Å².